The Labute approximate surface area is 83.3 Å². The first-order valence-corrected chi connectivity index (χ1v) is 4.84. The Hall–Kier alpha value is -0.940. The summed E-state index contributed by atoms with van der Waals surface area (Å²) in [6.45, 7) is 1.68. The zero-order valence-electron chi connectivity index (χ0n) is 8.64. The van der Waals surface area contributed by atoms with Crippen molar-refractivity contribution in [3.63, 3.8) is 0 Å². The third kappa shape index (κ3) is 1.93. The summed E-state index contributed by atoms with van der Waals surface area (Å²) in [5.41, 5.74) is 0.260. The maximum Gasteiger partial charge on any atom is 0.0856 e. The molecule has 1 N–H and O–H groups in total. The van der Waals surface area contributed by atoms with Gasteiger partial charge >= 0.3 is 0 Å². The molecule has 14 heavy (non-hydrogen) atoms. The van der Waals surface area contributed by atoms with Gasteiger partial charge in [0, 0.05) is 32.8 Å². The fourth-order valence-electron chi connectivity index (χ4n) is 2.02. The van der Waals surface area contributed by atoms with Crippen molar-refractivity contribution < 1.29 is 5.11 Å². The van der Waals surface area contributed by atoms with Gasteiger partial charge < -0.3 is 10.0 Å². The van der Waals surface area contributed by atoms with Crippen molar-refractivity contribution in [1.82, 2.24) is 19.9 Å². The van der Waals surface area contributed by atoms with Crippen LogP contribution in [-0.4, -0.2) is 50.7 Å². The molecule has 5 heteroatoms. The highest BCUT2D eigenvalue weighted by Crippen LogP contribution is 2.23. The first-order chi connectivity index (χ1) is 6.57. The Morgan fingerprint density at radius 1 is 1.57 bits per heavy atom. The van der Waals surface area contributed by atoms with E-state index in [1.807, 2.05) is 20.3 Å². The van der Waals surface area contributed by atoms with Gasteiger partial charge in [-0.05, 0) is 13.5 Å². The van der Waals surface area contributed by atoms with Crippen molar-refractivity contribution in [2.75, 3.05) is 20.1 Å². The van der Waals surface area contributed by atoms with Gasteiger partial charge in [-0.3, -0.25) is 4.68 Å². The van der Waals surface area contributed by atoms with E-state index < -0.39 is 5.60 Å². The zero-order chi connectivity index (χ0) is 10.2. The molecule has 1 aliphatic rings. The number of aromatic nitrogens is 3. The Morgan fingerprint density at radius 3 is 2.86 bits per heavy atom. The van der Waals surface area contributed by atoms with Crippen LogP contribution in [0.1, 0.15) is 12.1 Å². The van der Waals surface area contributed by atoms with Crippen molar-refractivity contribution >= 4 is 0 Å². The lowest BCUT2D eigenvalue weighted by Gasteiger charge is -2.20. The number of hydrogen-bond acceptors (Lipinski definition) is 4. The van der Waals surface area contributed by atoms with E-state index in [9.17, 15) is 5.11 Å². The van der Waals surface area contributed by atoms with Crippen LogP contribution in [0.15, 0.2) is 6.20 Å². The molecule has 0 bridgehead atoms. The molecule has 5 nitrogen and oxygen atoms in total. The molecule has 2 rings (SSSR count). The summed E-state index contributed by atoms with van der Waals surface area (Å²) in [7, 11) is 3.86. The van der Waals surface area contributed by atoms with E-state index in [0.717, 1.165) is 25.2 Å². The number of likely N-dealkylation sites (tertiary alicyclic amines) is 1. The van der Waals surface area contributed by atoms with E-state index >= 15 is 0 Å². The maximum absolute atomic E-state index is 10.2. The molecule has 1 saturated heterocycles. The number of likely N-dealkylation sites (N-methyl/N-ethyl adjacent to an activating group) is 1. The van der Waals surface area contributed by atoms with Crippen LogP contribution in [0.25, 0.3) is 0 Å². The van der Waals surface area contributed by atoms with Gasteiger partial charge in [0.15, 0.2) is 0 Å². The summed E-state index contributed by atoms with van der Waals surface area (Å²) in [5.74, 6) is 0. The molecule has 1 aromatic heterocycles. The quantitative estimate of drug-likeness (QED) is 0.688. The van der Waals surface area contributed by atoms with E-state index in [2.05, 4.69) is 15.2 Å². The molecule has 0 aliphatic carbocycles. The van der Waals surface area contributed by atoms with Gasteiger partial charge in [0.1, 0.15) is 0 Å². The van der Waals surface area contributed by atoms with Gasteiger partial charge in [-0.25, -0.2) is 0 Å². The van der Waals surface area contributed by atoms with E-state index in [1.165, 1.54) is 0 Å². The second-order valence-electron chi connectivity index (χ2n) is 4.27. The molecule has 0 amide bonds. The van der Waals surface area contributed by atoms with E-state index in [-0.39, 0.29) is 0 Å². The molecule has 1 unspecified atom stereocenters. The van der Waals surface area contributed by atoms with Crippen molar-refractivity contribution in [1.29, 1.82) is 0 Å². The first kappa shape index (κ1) is 9.61. The normalized spacial score (nSPS) is 28.5. The van der Waals surface area contributed by atoms with Crippen molar-refractivity contribution in [3.8, 4) is 0 Å². The summed E-state index contributed by atoms with van der Waals surface area (Å²) in [5, 5.41) is 18.0. The fraction of sp³-hybridized carbons (Fsp3) is 0.778. The van der Waals surface area contributed by atoms with Crippen LogP contribution >= 0.6 is 0 Å². The number of β-amino-alcohol motifs (C(OH)–C–C–N with tert-alkyl or cyclic N) is 1. The second-order valence-corrected chi connectivity index (χ2v) is 4.27. The Balaban J connectivity index is 2.03. The lowest BCUT2D eigenvalue weighted by atomic mass is 9.97. The van der Waals surface area contributed by atoms with Gasteiger partial charge in [0.05, 0.1) is 11.3 Å². The molecular weight excluding hydrogens is 180 g/mol. The lowest BCUT2D eigenvalue weighted by molar-refractivity contribution is 0.0514. The average Bonchev–Trinajstić information content (AvgIpc) is 2.60. The standard InChI is InChI=1S/C9H16N4O/c1-12-4-3-9(14,7-12)5-8-6-13(2)11-10-8/h6,14H,3-5,7H2,1-2H3. The Bertz CT molecular complexity index is 324. The topological polar surface area (TPSA) is 54.2 Å². The largest absolute Gasteiger partial charge is 0.388 e. The SMILES string of the molecule is CN1CCC(O)(Cc2cn(C)nn2)C1. The van der Waals surface area contributed by atoms with Gasteiger partial charge in [0.25, 0.3) is 0 Å². The molecular formula is C9H16N4O. The van der Waals surface area contributed by atoms with Crippen molar-refractivity contribution in [2.24, 2.45) is 7.05 Å². The molecule has 2 heterocycles. The van der Waals surface area contributed by atoms with Crippen LogP contribution in [0.4, 0.5) is 0 Å². The minimum Gasteiger partial charge on any atom is -0.388 e. The van der Waals surface area contributed by atoms with Gasteiger partial charge in [-0.15, -0.1) is 5.10 Å². The molecule has 78 valence electrons. The monoisotopic (exact) mass is 196 g/mol. The summed E-state index contributed by atoms with van der Waals surface area (Å²) in [4.78, 5) is 2.14. The molecule has 0 radical (unpaired) electrons. The van der Waals surface area contributed by atoms with Crippen LogP contribution in [-0.2, 0) is 13.5 Å². The summed E-state index contributed by atoms with van der Waals surface area (Å²) < 4.78 is 1.66. The van der Waals surface area contributed by atoms with Gasteiger partial charge in [0.2, 0.25) is 0 Å². The number of aliphatic hydroxyl groups is 1. The summed E-state index contributed by atoms with van der Waals surface area (Å²) in [6.07, 6.45) is 3.28. The van der Waals surface area contributed by atoms with Crippen LogP contribution in [0, 0.1) is 0 Å². The van der Waals surface area contributed by atoms with Gasteiger partial charge in [-0.1, -0.05) is 5.21 Å². The molecule has 1 atom stereocenters. The van der Waals surface area contributed by atoms with E-state index in [1.54, 1.807) is 4.68 Å². The van der Waals surface area contributed by atoms with Gasteiger partial charge in [-0.2, -0.15) is 0 Å². The van der Waals surface area contributed by atoms with Crippen LogP contribution < -0.4 is 0 Å². The van der Waals surface area contributed by atoms with E-state index in [0.29, 0.717) is 6.42 Å². The second kappa shape index (κ2) is 3.33. The maximum atomic E-state index is 10.2. The number of hydrogen-bond donors (Lipinski definition) is 1. The Morgan fingerprint density at radius 2 is 2.36 bits per heavy atom. The summed E-state index contributed by atoms with van der Waals surface area (Å²) >= 11 is 0. The smallest absolute Gasteiger partial charge is 0.0856 e. The number of aryl methyl sites for hydroxylation is 1. The van der Waals surface area contributed by atoms with Crippen LogP contribution in [0.2, 0.25) is 0 Å². The molecule has 1 aliphatic heterocycles. The minimum absolute atomic E-state index is 0.602. The predicted octanol–water partition coefficient (Wildman–Crippen LogP) is -0.576. The van der Waals surface area contributed by atoms with Crippen LogP contribution in [0.3, 0.4) is 0 Å². The number of nitrogens with zero attached hydrogens (tertiary/aromatic N) is 4. The molecule has 0 spiro atoms. The fourth-order valence-corrected chi connectivity index (χ4v) is 2.02. The summed E-state index contributed by atoms with van der Waals surface area (Å²) in [6, 6.07) is 0. The average molecular weight is 196 g/mol. The Kier molecular flexibility index (Phi) is 2.28. The predicted molar refractivity (Wildman–Crippen MR) is 51.8 cm³/mol. The third-order valence-corrected chi connectivity index (χ3v) is 2.68. The lowest BCUT2D eigenvalue weighted by Crippen LogP contribution is -2.34. The van der Waals surface area contributed by atoms with Crippen LogP contribution in [0.5, 0.6) is 0 Å². The highest BCUT2D eigenvalue weighted by atomic mass is 16.3. The first-order valence-electron chi connectivity index (χ1n) is 4.84. The molecule has 0 aromatic carbocycles. The molecule has 1 fully saturated rings. The van der Waals surface area contributed by atoms with E-state index in [4.69, 9.17) is 0 Å². The number of rotatable bonds is 2. The zero-order valence-corrected chi connectivity index (χ0v) is 8.64. The third-order valence-electron chi connectivity index (χ3n) is 2.68. The van der Waals surface area contributed by atoms with Crippen molar-refractivity contribution in [3.05, 3.63) is 11.9 Å². The highest BCUT2D eigenvalue weighted by molar-refractivity contribution is 5.02. The highest BCUT2D eigenvalue weighted by Gasteiger charge is 2.35. The van der Waals surface area contributed by atoms with Crippen molar-refractivity contribution in [2.45, 2.75) is 18.4 Å². The minimum atomic E-state index is -0.606. The molecule has 1 aromatic rings. The molecule has 0 saturated carbocycles.